The number of rotatable bonds is 7. The van der Waals surface area contributed by atoms with Crippen molar-refractivity contribution in [1.82, 2.24) is 10.6 Å². The van der Waals surface area contributed by atoms with Gasteiger partial charge in [0.1, 0.15) is 5.82 Å². The molecule has 5 heteroatoms. The van der Waals surface area contributed by atoms with Gasteiger partial charge in [0.05, 0.1) is 0 Å². The SMILES string of the molecule is CCC(C)NC(=O)c1cccc(C(=O)NCCc2ccc(F)cc2)c1. The summed E-state index contributed by atoms with van der Waals surface area (Å²) in [6, 6.07) is 12.9. The van der Waals surface area contributed by atoms with Crippen molar-refractivity contribution < 1.29 is 14.0 Å². The molecule has 0 saturated heterocycles. The Hall–Kier alpha value is -2.69. The molecule has 25 heavy (non-hydrogen) atoms. The van der Waals surface area contributed by atoms with Crippen molar-refractivity contribution in [3.8, 4) is 0 Å². The highest BCUT2D eigenvalue weighted by molar-refractivity contribution is 5.99. The molecule has 2 rings (SSSR count). The highest BCUT2D eigenvalue weighted by Crippen LogP contribution is 2.07. The Kier molecular flexibility index (Phi) is 6.69. The van der Waals surface area contributed by atoms with Crippen LogP contribution in [-0.4, -0.2) is 24.4 Å². The molecule has 2 aromatic carbocycles. The van der Waals surface area contributed by atoms with E-state index in [1.807, 2.05) is 13.8 Å². The maximum Gasteiger partial charge on any atom is 0.251 e. The predicted molar refractivity (Wildman–Crippen MR) is 96.1 cm³/mol. The van der Waals surface area contributed by atoms with Gasteiger partial charge in [-0.2, -0.15) is 0 Å². The zero-order valence-corrected chi connectivity index (χ0v) is 14.5. The number of benzene rings is 2. The van der Waals surface area contributed by atoms with Gasteiger partial charge in [-0.15, -0.1) is 0 Å². The van der Waals surface area contributed by atoms with Gasteiger partial charge < -0.3 is 10.6 Å². The molecule has 0 aliphatic carbocycles. The van der Waals surface area contributed by atoms with Gasteiger partial charge in [0, 0.05) is 23.7 Å². The summed E-state index contributed by atoms with van der Waals surface area (Å²) in [5.74, 6) is -0.698. The maximum absolute atomic E-state index is 12.9. The first-order chi connectivity index (χ1) is 12.0. The van der Waals surface area contributed by atoms with E-state index >= 15 is 0 Å². The van der Waals surface area contributed by atoms with E-state index in [4.69, 9.17) is 0 Å². The number of hydrogen-bond donors (Lipinski definition) is 2. The zero-order valence-electron chi connectivity index (χ0n) is 14.5. The summed E-state index contributed by atoms with van der Waals surface area (Å²) in [5.41, 5.74) is 1.85. The Morgan fingerprint density at radius 2 is 1.68 bits per heavy atom. The normalized spacial score (nSPS) is 11.6. The lowest BCUT2D eigenvalue weighted by Gasteiger charge is -2.12. The Bertz CT molecular complexity index is 729. The molecule has 2 amide bonds. The van der Waals surface area contributed by atoms with Gasteiger partial charge in [-0.1, -0.05) is 25.1 Å². The van der Waals surface area contributed by atoms with Crippen molar-refractivity contribution >= 4 is 11.8 Å². The van der Waals surface area contributed by atoms with Crippen molar-refractivity contribution in [1.29, 1.82) is 0 Å². The van der Waals surface area contributed by atoms with Crippen LogP contribution in [0.4, 0.5) is 4.39 Å². The van der Waals surface area contributed by atoms with Crippen LogP contribution in [0.2, 0.25) is 0 Å². The smallest absolute Gasteiger partial charge is 0.251 e. The Morgan fingerprint density at radius 1 is 1.04 bits per heavy atom. The van der Waals surface area contributed by atoms with E-state index in [0.29, 0.717) is 24.1 Å². The monoisotopic (exact) mass is 342 g/mol. The lowest BCUT2D eigenvalue weighted by atomic mass is 10.1. The molecule has 0 saturated carbocycles. The van der Waals surface area contributed by atoms with Crippen LogP contribution in [0.1, 0.15) is 46.5 Å². The molecule has 0 aliphatic heterocycles. The van der Waals surface area contributed by atoms with Gasteiger partial charge >= 0.3 is 0 Å². The minimum absolute atomic E-state index is 0.0840. The number of nitrogens with one attached hydrogen (secondary N) is 2. The molecule has 0 aliphatic rings. The van der Waals surface area contributed by atoms with Crippen LogP contribution in [0.25, 0.3) is 0 Å². The molecule has 0 aromatic heterocycles. The van der Waals surface area contributed by atoms with Crippen molar-refractivity contribution in [2.24, 2.45) is 0 Å². The van der Waals surface area contributed by atoms with Crippen LogP contribution >= 0.6 is 0 Å². The first-order valence-electron chi connectivity index (χ1n) is 8.43. The molecule has 4 nitrogen and oxygen atoms in total. The molecule has 2 aromatic rings. The maximum atomic E-state index is 12.9. The van der Waals surface area contributed by atoms with Crippen molar-refractivity contribution in [3.05, 3.63) is 71.0 Å². The van der Waals surface area contributed by atoms with Gasteiger partial charge in [0.2, 0.25) is 0 Å². The topological polar surface area (TPSA) is 58.2 Å². The van der Waals surface area contributed by atoms with Crippen LogP contribution in [-0.2, 0) is 6.42 Å². The Morgan fingerprint density at radius 3 is 2.32 bits per heavy atom. The van der Waals surface area contributed by atoms with Gasteiger partial charge in [0.25, 0.3) is 11.8 Å². The molecular weight excluding hydrogens is 319 g/mol. The molecule has 0 radical (unpaired) electrons. The van der Waals surface area contributed by atoms with Gasteiger partial charge in [-0.05, 0) is 55.7 Å². The second-order valence-electron chi connectivity index (χ2n) is 6.00. The third-order valence-electron chi connectivity index (χ3n) is 3.99. The highest BCUT2D eigenvalue weighted by Gasteiger charge is 2.11. The van der Waals surface area contributed by atoms with E-state index in [0.717, 1.165) is 12.0 Å². The summed E-state index contributed by atoms with van der Waals surface area (Å²) in [7, 11) is 0. The molecule has 0 bridgehead atoms. The molecule has 1 atom stereocenters. The van der Waals surface area contributed by atoms with Crippen LogP contribution in [0.5, 0.6) is 0 Å². The Balaban J connectivity index is 1.91. The molecule has 1 unspecified atom stereocenters. The predicted octanol–water partition coefficient (Wildman–Crippen LogP) is 3.33. The van der Waals surface area contributed by atoms with Crippen LogP contribution in [0.15, 0.2) is 48.5 Å². The summed E-state index contributed by atoms with van der Waals surface area (Å²) < 4.78 is 12.9. The number of halogens is 1. The second kappa shape index (κ2) is 8.97. The zero-order chi connectivity index (χ0) is 18.2. The summed E-state index contributed by atoms with van der Waals surface area (Å²) in [4.78, 5) is 24.4. The summed E-state index contributed by atoms with van der Waals surface area (Å²) in [6.07, 6.45) is 1.45. The largest absolute Gasteiger partial charge is 0.352 e. The van der Waals surface area contributed by atoms with Crippen molar-refractivity contribution in [2.75, 3.05) is 6.54 Å². The lowest BCUT2D eigenvalue weighted by molar-refractivity contribution is 0.0939. The second-order valence-corrected chi connectivity index (χ2v) is 6.00. The molecule has 2 N–H and O–H groups in total. The number of carbonyl (C=O) groups is 2. The first-order valence-corrected chi connectivity index (χ1v) is 8.43. The average Bonchev–Trinajstić information content (AvgIpc) is 2.63. The third-order valence-corrected chi connectivity index (χ3v) is 3.99. The molecular formula is C20H23FN2O2. The fraction of sp³-hybridized carbons (Fsp3) is 0.300. The van der Waals surface area contributed by atoms with E-state index in [2.05, 4.69) is 10.6 Å². The van der Waals surface area contributed by atoms with Gasteiger partial charge in [0.15, 0.2) is 0 Å². The quantitative estimate of drug-likeness (QED) is 0.811. The molecule has 0 heterocycles. The van der Waals surface area contributed by atoms with Crippen LogP contribution < -0.4 is 10.6 Å². The third kappa shape index (κ3) is 5.71. The number of carbonyl (C=O) groups excluding carboxylic acids is 2. The van der Waals surface area contributed by atoms with E-state index in [1.54, 1.807) is 36.4 Å². The standard InChI is InChI=1S/C20H23FN2O2/c1-3-14(2)23-20(25)17-6-4-5-16(13-17)19(24)22-12-11-15-7-9-18(21)10-8-15/h4-10,13-14H,3,11-12H2,1-2H3,(H,22,24)(H,23,25). The van der Waals surface area contributed by atoms with Gasteiger partial charge in [-0.25, -0.2) is 4.39 Å². The van der Waals surface area contributed by atoms with E-state index in [1.165, 1.54) is 12.1 Å². The fourth-order valence-corrected chi connectivity index (χ4v) is 2.28. The summed E-state index contributed by atoms with van der Waals surface area (Å²) in [5, 5.41) is 5.70. The molecule has 132 valence electrons. The fourth-order valence-electron chi connectivity index (χ4n) is 2.28. The van der Waals surface area contributed by atoms with Crippen LogP contribution in [0.3, 0.4) is 0 Å². The summed E-state index contributed by atoms with van der Waals surface area (Å²) >= 11 is 0. The molecule has 0 fully saturated rings. The van der Waals surface area contributed by atoms with Crippen LogP contribution in [0, 0.1) is 5.82 Å². The summed E-state index contributed by atoms with van der Waals surface area (Å²) in [6.45, 7) is 4.37. The average molecular weight is 342 g/mol. The van der Waals surface area contributed by atoms with E-state index < -0.39 is 0 Å². The van der Waals surface area contributed by atoms with Gasteiger partial charge in [-0.3, -0.25) is 9.59 Å². The minimum atomic E-state index is -0.278. The number of hydrogen-bond acceptors (Lipinski definition) is 2. The molecule has 0 spiro atoms. The minimum Gasteiger partial charge on any atom is -0.352 e. The van der Waals surface area contributed by atoms with E-state index in [9.17, 15) is 14.0 Å². The highest BCUT2D eigenvalue weighted by atomic mass is 19.1. The van der Waals surface area contributed by atoms with E-state index in [-0.39, 0.29) is 23.7 Å². The lowest BCUT2D eigenvalue weighted by Crippen LogP contribution is -2.32. The first kappa shape index (κ1) is 18.6. The number of amides is 2. The van der Waals surface area contributed by atoms with Crippen molar-refractivity contribution in [3.63, 3.8) is 0 Å². The van der Waals surface area contributed by atoms with Crippen molar-refractivity contribution in [2.45, 2.75) is 32.7 Å². The Labute approximate surface area is 147 Å².